The molecular formula is C9H15NO4. The maximum absolute atomic E-state index is 11.6. The number of nitrogens with zero attached hydrogens (tertiary/aromatic N) is 1. The van der Waals surface area contributed by atoms with Gasteiger partial charge in [0.2, 0.25) is 0 Å². The van der Waals surface area contributed by atoms with Crippen LogP contribution < -0.4 is 0 Å². The zero-order chi connectivity index (χ0) is 10.7. The van der Waals surface area contributed by atoms with Crippen molar-refractivity contribution >= 4 is 11.9 Å². The zero-order valence-corrected chi connectivity index (χ0v) is 8.40. The molecular weight excluding hydrogens is 186 g/mol. The van der Waals surface area contributed by atoms with E-state index in [1.54, 1.807) is 7.05 Å². The first-order chi connectivity index (χ1) is 6.50. The molecule has 2 unspecified atom stereocenters. The molecule has 1 heterocycles. The Morgan fingerprint density at radius 2 is 2.36 bits per heavy atom. The van der Waals surface area contributed by atoms with Gasteiger partial charge in [-0.15, -0.1) is 0 Å². The average Bonchev–Trinajstić information content (AvgIpc) is 2.19. The Balaban J connectivity index is 2.68. The van der Waals surface area contributed by atoms with Crippen LogP contribution in [0.2, 0.25) is 0 Å². The molecule has 1 saturated heterocycles. The number of hydrogen-bond acceptors (Lipinski definition) is 3. The highest BCUT2D eigenvalue weighted by Crippen LogP contribution is 2.14. The van der Waals surface area contributed by atoms with E-state index in [4.69, 9.17) is 9.84 Å². The highest BCUT2D eigenvalue weighted by molar-refractivity contribution is 5.85. The number of ether oxygens (including phenoxy) is 1. The van der Waals surface area contributed by atoms with Gasteiger partial charge in [0.15, 0.2) is 0 Å². The molecule has 1 N–H and O–H groups in total. The minimum Gasteiger partial charge on any atom is -0.481 e. The summed E-state index contributed by atoms with van der Waals surface area (Å²) in [5.74, 6) is -1.25. The lowest BCUT2D eigenvalue weighted by Crippen LogP contribution is -2.37. The third-order valence-electron chi connectivity index (χ3n) is 2.28. The molecule has 1 rings (SSSR count). The van der Waals surface area contributed by atoms with Crippen molar-refractivity contribution < 1.29 is 19.4 Å². The van der Waals surface area contributed by atoms with E-state index >= 15 is 0 Å². The minimum atomic E-state index is -1.01. The summed E-state index contributed by atoms with van der Waals surface area (Å²) in [6.45, 7) is 2.47. The lowest BCUT2D eigenvalue weighted by atomic mass is 10.2. The van der Waals surface area contributed by atoms with Gasteiger partial charge in [0.25, 0.3) is 5.91 Å². The van der Waals surface area contributed by atoms with Crippen LogP contribution in [-0.4, -0.2) is 47.7 Å². The lowest BCUT2D eigenvalue weighted by molar-refractivity contribution is -0.151. The van der Waals surface area contributed by atoms with Crippen molar-refractivity contribution in [2.75, 3.05) is 13.6 Å². The fourth-order valence-electron chi connectivity index (χ4n) is 1.43. The number of carboxylic acid groups (broad SMARTS) is 1. The van der Waals surface area contributed by atoms with Gasteiger partial charge in [-0.25, -0.2) is 0 Å². The van der Waals surface area contributed by atoms with Crippen molar-refractivity contribution in [2.24, 2.45) is 0 Å². The predicted octanol–water partition coefficient (Wildman–Crippen LogP) is 0.0969. The third-order valence-corrected chi connectivity index (χ3v) is 2.28. The van der Waals surface area contributed by atoms with Gasteiger partial charge < -0.3 is 14.7 Å². The minimum absolute atomic E-state index is 0.0618. The largest absolute Gasteiger partial charge is 0.481 e. The van der Waals surface area contributed by atoms with Gasteiger partial charge in [0.05, 0.1) is 12.5 Å². The van der Waals surface area contributed by atoms with E-state index in [2.05, 4.69) is 0 Å². The van der Waals surface area contributed by atoms with Crippen molar-refractivity contribution in [3.63, 3.8) is 0 Å². The lowest BCUT2D eigenvalue weighted by Gasteiger charge is -2.18. The topological polar surface area (TPSA) is 66.8 Å². The van der Waals surface area contributed by atoms with Gasteiger partial charge in [-0.2, -0.15) is 0 Å². The zero-order valence-electron chi connectivity index (χ0n) is 8.40. The Hall–Kier alpha value is -1.10. The first-order valence-corrected chi connectivity index (χ1v) is 4.63. The van der Waals surface area contributed by atoms with Gasteiger partial charge >= 0.3 is 5.97 Å². The number of hydrogen-bond donors (Lipinski definition) is 1. The molecule has 1 aliphatic heterocycles. The van der Waals surface area contributed by atoms with Crippen LogP contribution in [0.4, 0.5) is 0 Å². The summed E-state index contributed by atoms with van der Waals surface area (Å²) in [6, 6.07) is 0. The molecule has 0 spiro atoms. The average molecular weight is 201 g/mol. The molecule has 0 radical (unpaired) electrons. The van der Waals surface area contributed by atoms with Crippen LogP contribution in [0.5, 0.6) is 0 Å². The Morgan fingerprint density at radius 3 is 2.93 bits per heavy atom. The fourth-order valence-corrected chi connectivity index (χ4v) is 1.43. The molecule has 0 aromatic rings. The van der Waals surface area contributed by atoms with Crippen LogP contribution in [-0.2, 0) is 14.3 Å². The second-order valence-electron chi connectivity index (χ2n) is 3.58. The van der Waals surface area contributed by atoms with Crippen LogP contribution in [0.3, 0.4) is 0 Å². The number of carbonyl (C=O) groups excluding carboxylic acids is 1. The van der Waals surface area contributed by atoms with Gasteiger partial charge in [0, 0.05) is 13.6 Å². The number of rotatable bonds is 2. The summed E-state index contributed by atoms with van der Waals surface area (Å²) in [6.07, 6.45) is -0.394. The molecule has 80 valence electrons. The number of aliphatic carboxylic acids is 1. The maximum Gasteiger partial charge on any atom is 0.306 e. The van der Waals surface area contributed by atoms with Crippen molar-refractivity contribution in [2.45, 2.75) is 32.0 Å². The summed E-state index contributed by atoms with van der Waals surface area (Å²) in [4.78, 5) is 23.6. The van der Waals surface area contributed by atoms with Crippen LogP contribution in [0, 0.1) is 0 Å². The van der Waals surface area contributed by atoms with Crippen molar-refractivity contribution in [3.8, 4) is 0 Å². The quantitative estimate of drug-likeness (QED) is 0.688. The molecule has 2 atom stereocenters. The van der Waals surface area contributed by atoms with Crippen molar-refractivity contribution in [3.05, 3.63) is 0 Å². The summed E-state index contributed by atoms with van der Waals surface area (Å²) in [5.41, 5.74) is 0. The highest BCUT2D eigenvalue weighted by Gasteiger charge is 2.30. The first kappa shape index (κ1) is 11.0. The summed E-state index contributed by atoms with van der Waals surface area (Å²) >= 11 is 0. The smallest absolute Gasteiger partial charge is 0.306 e. The van der Waals surface area contributed by atoms with Gasteiger partial charge in [-0.05, 0) is 13.3 Å². The highest BCUT2D eigenvalue weighted by atomic mass is 16.5. The van der Waals surface area contributed by atoms with Gasteiger partial charge in [-0.1, -0.05) is 0 Å². The van der Waals surface area contributed by atoms with E-state index in [0.717, 1.165) is 6.42 Å². The fraction of sp³-hybridized carbons (Fsp3) is 0.778. The molecule has 14 heavy (non-hydrogen) atoms. The SMILES string of the molecule is CC1CCN(C)C(=O)C(CC(=O)O)O1. The van der Waals surface area contributed by atoms with E-state index in [1.807, 2.05) is 6.92 Å². The molecule has 0 aromatic carbocycles. The number of carbonyl (C=O) groups is 2. The van der Waals surface area contributed by atoms with Crippen molar-refractivity contribution in [1.29, 1.82) is 0 Å². The van der Waals surface area contributed by atoms with E-state index < -0.39 is 12.1 Å². The Kier molecular flexibility index (Phi) is 3.46. The van der Waals surface area contributed by atoms with Crippen LogP contribution in [0.15, 0.2) is 0 Å². The second kappa shape index (κ2) is 4.41. The third kappa shape index (κ3) is 2.70. The normalized spacial score (nSPS) is 28.7. The van der Waals surface area contributed by atoms with Crippen molar-refractivity contribution in [1.82, 2.24) is 4.90 Å². The Morgan fingerprint density at radius 1 is 1.71 bits per heavy atom. The molecule has 5 nitrogen and oxygen atoms in total. The summed E-state index contributed by atoms with van der Waals surface area (Å²) in [5, 5.41) is 8.60. The molecule has 1 fully saturated rings. The number of amides is 1. The van der Waals surface area contributed by atoms with Crippen LogP contribution in [0.1, 0.15) is 19.8 Å². The molecule has 1 amide bonds. The van der Waals surface area contributed by atoms with E-state index in [0.29, 0.717) is 6.54 Å². The second-order valence-corrected chi connectivity index (χ2v) is 3.58. The summed E-state index contributed by atoms with van der Waals surface area (Å²) in [7, 11) is 1.67. The van der Waals surface area contributed by atoms with E-state index in [9.17, 15) is 9.59 Å². The molecule has 0 aromatic heterocycles. The first-order valence-electron chi connectivity index (χ1n) is 4.63. The van der Waals surface area contributed by atoms with E-state index in [-0.39, 0.29) is 18.4 Å². The summed E-state index contributed by atoms with van der Waals surface area (Å²) < 4.78 is 5.33. The van der Waals surface area contributed by atoms with Gasteiger partial charge in [-0.3, -0.25) is 9.59 Å². The molecule has 0 saturated carbocycles. The molecule has 0 bridgehead atoms. The number of likely N-dealkylation sites (N-methyl/N-ethyl adjacent to an activating group) is 1. The van der Waals surface area contributed by atoms with Crippen LogP contribution >= 0.6 is 0 Å². The Bertz CT molecular complexity index is 241. The standard InChI is InChI=1S/C9H15NO4/c1-6-3-4-10(2)9(13)7(14-6)5-8(11)12/h6-7H,3-5H2,1-2H3,(H,11,12). The maximum atomic E-state index is 11.6. The molecule has 5 heteroatoms. The monoisotopic (exact) mass is 201 g/mol. The van der Waals surface area contributed by atoms with Gasteiger partial charge in [0.1, 0.15) is 6.10 Å². The van der Waals surface area contributed by atoms with Crippen LogP contribution in [0.25, 0.3) is 0 Å². The molecule has 0 aliphatic carbocycles. The molecule has 1 aliphatic rings. The van der Waals surface area contributed by atoms with E-state index in [1.165, 1.54) is 4.90 Å². The number of carboxylic acids is 1. The Labute approximate surface area is 82.6 Å². The predicted molar refractivity (Wildman–Crippen MR) is 48.8 cm³/mol.